The second-order valence-electron chi connectivity index (χ2n) is 5.06. The maximum Gasteiger partial charge on any atom is 0.119 e. The Hall–Kier alpha value is -1.14. The number of aliphatic hydroxyl groups is 2. The summed E-state index contributed by atoms with van der Waals surface area (Å²) in [7, 11) is 1.61. The minimum Gasteiger partial charge on any atom is -0.491 e. The summed E-state index contributed by atoms with van der Waals surface area (Å²) in [5.41, 5.74) is 0.863. The van der Waals surface area contributed by atoms with Gasteiger partial charge < -0.3 is 24.4 Å². The number of hydrogen-bond donors (Lipinski definition) is 2. The van der Waals surface area contributed by atoms with Crippen LogP contribution in [0, 0.1) is 0 Å². The summed E-state index contributed by atoms with van der Waals surface area (Å²) in [6, 6.07) is 7.23. The first-order valence-electron chi connectivity index (χ1n) is 7.26. The molecule has 120 valence electrons. The van der Waals surface area contributed by atoms with Crippen LogP contribution in [0.4, 0.5) is 0 Å². The molecule has 5 nitrogen and oxygen atoms in total. The van der Waals surface area contributed by atoms with Crippen molar-refractivity contribution in [3.05, 3.63) is 29.8 Å². The van der Waals surface area contributed by atoms with Crippen molar-refractivity contribution in [1.29, 1.82) is 0 Å². The van der Waals surface area contributed by atoms with E-state index in [0.717, 1.165) is 5.56 Å². The van der Waals surface area contributed by atoms with Gasteiger partial charge >= 0.3 is 0 Å². The van der Waals surface area contributed by atoms with E-state index in [4.69, 9.17) is 14.2 Å². The van der Waals surface area contributed by atoms with Gasteiger partial charge in [-0.05, 0) is 31.0 Å². The zero-order valence-corrected chi connectivity index (χ0v) is 13.0. The minimum absolute atomic E-state index is 0.0561. The van der Waals surface area contributed by atoms with E-state index < -0.39 is 12.2 Å². The van der Waals surface area contributed by atoms with Crippen LogP contribution in [0.25, 0.3) is 0 Å². The zero-order chi connectivity index (χ0) is 15.7. The lowest BCUT2D eigenvalue weighted by molar-refractivity contribution is -0.0423. The van der Waals surface area contributed by atoms with Gasteiger partial charge in [0.1, 0.15) is 18.5 Å². The van der Waals surface area contributed by atoms with E-state index in [1.165, 1.54) is 0 Å². The van der Waals surface area contributed by atoms with Crippen molar-refractivity contribution < 1.29 is 24.4 Å². The first kappa shape index (κ1) is 17.9. The summed E-state index contributed by atoms with van der Waals surface area (Å²) >= 11 is 0. The molecule has 1 aromatic rings. The van der Waals surface area contributed by atoms with E-state index in [1.807, 2.05) is 26.0 Å². The summed E-state index contributed by atoms with van der Waals surface area (Å²) in [4.78, 5) is 0. The molecule has 5 heteroatoms. The number of ether oxygens (including phenoxy) is 3. The number of hydrogen-bond acceptors (Lipinski definition) is 5. The third-order valence-corrected chi connectivity index (χ3v) is 3.07. The molecular weight excluding hydrogens is 272 g/mol. The fraction of sp³-hybridized carbons (Fsp3) is 0.625. The molecule has 0 aromatic heterocycles. The second-order valence-corrected chi connectivity index (χ2v) is 5.06. The van der Waals surface area contributed by atoms with Crippen molar-refractivity contribution in [2.45, 2.75) is 38.6 Å². The molecule has 3 atom stereocenters. The zero-order valence-electron chi connectivity index (χ0n) is 13.0. The highest BCUT2D eigenvalue weighted by molar-refractivity contribution is 5.28. The second kappa shape index (κ2) is 9.73. The van der Waals surface area contributed by atoms with Gasteiger partial charge in [-0.1, -0.05) is 19.1 Å². The third kappa shape index (κ3) is 6.91. The predicted octanol–water partition coefficient (Wildman–Crippen LogP) is 1.92. The van der Waals surface area contributed by atoms with Gasteiger partial charge in [-0.25, -0.2) is 0 Å². The Kier molecular flexibility index (Phi) is 8.30. The molecule has 2 unspecified atom stereocenters. The smallest absolute Gasteiger partial charge is 0.119 e. The van der Waals surface area contributed by atoms with Crippen LogP contribution in [-0.4, -0.2) is 49.4 Å². The monoisotopic (exact) mass is 298 g/mol. The Morgan fingerprint density at radius 1 is 1.05 bits per heavy atom. The van der Waals surface area contributed by atoms with Crippen molar-refractivity contribution in [2.24, 2.45) is 0 Å². The largest absolute Gasteiger partial charge is 0.491 e. The number of rotatable bonds is 10. The Morgan fingerprint density at radius 2 is 1.71 bits per heavy atom. The fourth-order valence-corrected chi connectivity index (χ4v) is 1.82. The lowest BCUT2D eigenvalue weighted by atomic mass is 10.1. The number of aliphatic hydroxyl groups excluding tert-OH is 2. The van der Waals surface area contributed by atoms with E-state index >= 15 is 0 Å². The average molecular weight is 298 g/mol. The molecule has 21 heavy (non-hydrogen) atoms. The summed E-state index contributed by atoms with van der Waals surface area (Å²) in [6.07, 6.45) is -0.513. The van der Waals surface area contributed by atoms with E-state index in [0.29, 0.717) is 18.8 Å². The van der Waals surface area contributed by atoms with Gasteiger partial charge in [0.25, 0.3) is 0 Å². The topological polar surface area (TPSA) is 68.2 Å². The molecular formula is C16H26O5. The molecule has 0 heterocycles. The van der Waals surface area contributed by atoms with Crippen molar-refractivity contribution >= 4 is 0 Å². The number of methoxy groups -OCH3 is 1. The highest BCUT2D eigenvalue weighted by Crippen LogP contribution is 2.19. The SMILES string of the molecule is CC[C@H](O)c1ccc(OCC(O)COC(C)COC)cc1. The van der Waals surface area contributed by atoms with Crippen LogP contribution < -0.4 is 4.74 Å². The van der Waals surface area contributed by atoms with E-state index in [1.54, 1.807) is 19.2 Å². The van der Waals surface area contributed by atoms with Crippen LogP contribution in [0.3, 0.4) is 0 Å². The van der Waals surface area contributed by atoms with Gasteiger partial charge in [0.15, 0.2) is 0 Å². The van der Waals surface area contributed by atoms with Gasteiger partial charge in [-0.2, -0.15) is 0 Å². The van der Waals surface area contributed by atoms with Gasteiger partial charge in [-0.15, -0.1) is 0 Å². The Morgan fingerprint density at radius 3 is 2.29 bits per heavy atom. The molecule has 2 N–H and O–H groups in total. The van der Waals surface area contributed by atoms with Crippen LogP contribution in [0.5, 0.6) is 5.75 Å². The number of benzene rings is 1. The van der Waals surface area contributed by atoms with Gasteiger partial charge in [0.05, 0.1) is 25.4 Å². The van der Waals surface area contributed by atoms with Crippen LogP contribution in [-0.2, 0) is 9.47 Å². The minimum atomic E-state index is -0.690. The summed E-state index contributed by atoms with van der Waals surface area (Å²) in [5.74, 6) is 0.658. The maximum absolute atomic E-state index is 9.78. The van der Waals surface area contributed by atoms with Crippen molar-refractivity contribution in [2.75, 3.05) is 26.9 Å². The normalized spacial score (nSPS) is 15.5. The van der Waals surface area contributed by atoms with Gasteiger partial charge in [0, 0.05) is 7.11 Å². The van der Waals surface area contributed by atoms with Crippen molar-refractivity contribution in [3.63, 3.8) is 0 Å². The lowest BCUT2D eigenvalue weighted by Gasteiger charge is -2.16. The van der Waals surface area contributed by atoms with Crippen LogP contribution in [0.15, 0.2) is 24.3 Å². The molecule has 1 rings (SSSR count). The molecule has 0 amide bonds. The Bertz CT molecular complexity index is 379. The molecule has 0 aliphatic heterocycles. The third-order valence-electron chi connectivity index (χ3n) is 3.07. The Labute approximate surface area is 126 Å². The molecule has 0 spiro atoms. The highest BCUT2D eigenvalue weighted by atomic mass is 16.5. The van der Waals surface area contributed by atoms with E-state index in [-0.39, 0.29) is 19.3 Å². The molecule has 0 fully saturated rings. The van der Waals surface area contributed by atoms with Gasteiger partial charge in [-0.3, -0.25) is 0 Å². The highest BCUT2D eigenvalue weighted by Gasteiger charge is 2.09. The maximum atomic E-state index is 9.78. The summed E-state index contributed by atoms with van der Waals surface area (Å²) in [6.45, 7) is 4.67. The first-order chi connectivity index (χ1) is 10.1. The van der Waals surface area contributed by atoms with E-state index in [9.17, 15) is 10.2 Å². The van der Waals surface area contributed by atoms with E-state index in [2.05, 4.69) is 0 Å². The average Bonchev–Trinajstić information content (AvgIpc) is 2.51. The van der Waals surface area contributed by atoms with Crippen LogP contribution in [0.1, 0.15) is 31.9 Å². The summed E-state index contributed by atoms with van der Waals surface area (Å²) in [5, 5.41) is 19.5. The first-order valence-corrected chi connectivity index (χ1v) is 7.26. The molecule has 0 saturated carbocycles. The fourth-order valence-electron chi connectivity index (χ4n) is 1.82. The molecule has 0 radical (unpaired) electrons. The van der Waals surface area contributed by atoms with Crippen LogP contribution in [0.2, 0.25) is 0 Å². The van der Waals surface area contributed by atoms with Crippen LogP contribution >= 0.6 is 0 Å². The summed E-state index contributed by atoms with van der Waals surface area (Å²) < 4.78 is 15.8. The van der Waals surface area contributed by atoms with Crippen molar-refractivity contribution in [3.8, 4) is 5.75 Å². The molecule has 0 aliphatic rings. The molecule has 0 saturated heterocycles. The quantitative estimate of drug-likeness (QED) is 0.691. The lowest BCUT2D eigenvalue weighted by Crippen LogP contribution is -2.27. The molecule has 0 bridgehead atoms. The Balaban J connectivity index is 2.31. The van der Waals surface area contributed by atoms with Crippen molar-refractivity contribution in [1.82, 2.24) is 0 Å². The predicted molar refractivity (Wildman–Crippen MR) is 80.5 cm³/mol. The van der Waals surface area contributed by atoms with Gasteiger partial charge in [0.2, 0.25) is 0 Å². The molecule has 0 aliphatic carbocycles. The standard InChI is InChI=1S/C16H26O5/c1-4-16(18)13-5-7-15(8-6-13)21-11-14(17)10-20-12(2)9-19-3/h5-8,12,14,16-18H,4,9-11H2,1-3H3/t12?,14?,16-/m0/s1. The molecule has 1 aromatic carbocycles.